The molecule has 0 amide bonds. The minimum atomic E-state index is 0.0899. The molecular formula is C16H26N2O. The van der Waals surface area contributed by atoms with Crippen molar-refractivity contribution in [1.29, 1.82) is 0 Å². The number of aryl methyl sites for hydroxylation is 2. The lowest BCUT2D eigenvalue weighted by molar-refractivity contribution is 0.0413. The van der Waals surface area contributed by atoms with Crippen molar-refractivity contribution >= 4 is 0 Å². The number of ether oxygens (including phenoxy) is 1. The largest absolute Gasteiger partial charge is 0.381 e. The van der Waals surface area contributed by atoms with Crippen molar-refractivity contribution in [3.63, 3.8) is 0 Å². The number of likely N-dealkylation sites (N-methyl/N-ethyl adjacent to an activating group) is 1. The van der Waals surface area contributed by atoms with Crippen molar-refractivity contribution in [3.05, 3.63) is 34.9 Å². The molecule has 1 fully saturated rings. The SMILES string of the molecule is Cc1ccc(C(N)CN(C)C2CCOCC2)cc1C. The average Bonchev–Trinajstić information content (AvgIpc) is 2.42. The van der Waals surface area contributed by atoms with Crippen LogP contribution in [0.25, 0.3) is 0 Å². The Balaban J connectivity index is 1.95. The van der Waals surface area contributed by atoms with E-state index in [4.69, 9.17) is 10.5 Å². The molecule has 1 aliphatic heterocycles. The van der Waals surface area contributed by atoms with E-state index in [0.717, 1.165) is 32.6 Å². The molecule has 2 rings (SSSR count). The van der Waals surface area contributed by atoms with E-state index in [-0.39, 0.29) is 6.04 Å². The molecule has 1 unspecified atom stereocenters. The van der Waals surface area contributed by atoms with Crippen molar-refractivity contribution in [2.24, 2.45) is 5.73 Å². The highest BCUT2D eigenvalue weighted by Gasteiger charge is 2.20. The lowest BCUT2D eigenvalue weighted by Gasteiger charge is -2.33. The Labute approximate surface area is 116 Å². The van der Waals surface area contributed by atoms with Crippen LogP contribution >= 0.6 is 0 Å². The molecule has 1 heterocycles. The minimum Gasteiger partial charge on any atom is -0.381 e. The summed E-state index contributed by atoms with van der Waals surface area (Å²) >= 11 is 0. The zero-order valence-corrected chi connectivity index (χ0v) is 12.4. The van der Waals surface area contributed by atoms with E-state index < -0.39 is 0 Å². The van der Waals surface area contributed by atoms with Crippen LogP contribution in [0.2, 0.25) is 0 Å². The molecule has 0 spiro atoms. The van der Waals surface area contributed by atoms with Gasteiger partial charge in [0, 0.05) is 31.8 Å². The first-order valence-corrected chi connectivity index (χ1v) is 7.18. The van der Waals surface area contributed by atoms with E-state index in [1.807, 2.05) is 0 Å². The maximum Gasteiger partial charge on any atom is 0.0480 e. The Morgan fingerprint density at radius 3 is 2.58 bits per heavy atom. The van der Waals surface area contributed by atoms with Gasteiger partial charge in [0.05, 0.1) is 0 Å². The fraction of sp³-hybridized carbons (Fsp3) is 0.625. The highest BCUT2D eigenvalue weighted by molar-refractivity contribution is 5.31. The summed E-state index contributed by atoms with van der Waals surface area (Å²) in [6.07, 6.45) is 2.24. The van der Waals surface area contributed by atoms with Gasteiger partial charge >= 0.3 is 0 Å². The van der Waals surface area contributed by atoms with Gasteiger partial charge in [0.15, 0.2) is 0 Å². The van der Waals surface area contributed by atoms with E-state index >= 15 is 0 Å². The summed E-state index contributed by atoms with van der Waals surface area (Å²) in [6.45, 7) is 6.96. The topological polar surface area (TPSA) is 38.5 Å². The van der Waals surface area contributed by atoms with Crippen LogP contribution in [0.5, 0.6) is 0 Å². The molecule has 0 aromatic heterocycles. The summed E-state index contributed by atoms with van der Waals surface area (Å²) in [6, 6.07) is 7.25. The Morgan fingerprint density at radius 2 is 1.95 bits per heavy atom. The lowest BCUT2D eigenvalue weighted by Crippen LogP contribution is -2.40. The zero-order chi connectivity index (χ0) is 13.8. The molecule has 3 heteroatoms. The highest BCUT2D eigenvalue weighted by Crippen LogP contribution is 2.19. The Bertz CT molecular complexity index is 413. The van der Waals surface area contributed by atoms with Gasteiger partial charge < -0.3 is 15.4 Å². The zero-order valence-electron chi connectivity index (χ0n) is 12.4. The molecule has 19 heavy (non-hydrogen) atoms. The van der Waals surface area contributed by atoms with Gasteiger partial charge in [-0.25, -0.2) is 0 Å². The van der Waals surface area contributed by atoms with Gasteiger partial charge in [-0.3, -0.25) is 0 Å². The number of nitrogens with two attached hydrogens (primary N) is 1. The van der Waals surface area contributed by atoms with Gasteiger partial charge in [0.2, 0.25) is 0 Å². The molecule has 0 saturated carbocycles. The molecule has 0 aliphatic carbocycles. The van der Waals surface area contributed by atoms with Gasteiger partial charge in [-0.05, 0) is 50.4 Å². The monoisotopic (exact) mass is 262 g/mol. The van der Waals surface area contributed by atoms with Gasteiger partial charge in [-0.15, -0.1) is 0 Å². The molecule has 1 saturated heterocycles. The summed E-state index contributed by atoms with van der Waals surface area (Å²) in [5.74, 6) is 0. The Hall–Kier alpha value is -0.900. The van der Waals surface area contributed by atoms with Gasteiger partial charge in [0.1, 0.15) is 0 Å². The number of hydrogen-bond donors (Lipinski definition) is 1. The van der Waals surface area contributed by atoms with Crippen LogP contribution in [0.1, 0.15) is 35.6 Å². The van der Waals surface area contributed by atoms with Crippen molar-refractivity contribution in [3.8, 4) is 0 Å². The number of rotatable bonds is 4. The number of nitrogens with zero attached hydrogens (tertiary/aromatic N) is 1. The van der Waals surface area contributed by atoms with Crippen LogP contribution in [0.15, 0.2) is 18.2 Å². The quantitative estimate of drug-likeness (QED) is 0.905. The molecule has 1 aliphatic rings. The molecule has 2 N–H and O–H groups in total. The molecular weight excluding hydrogens is 236 g/mol. The normalized spacial score (nSPS) is 18.8. The predicted octanol–water partition coefficient (Wildman–Crippen LogP) is 2.41. The van der Waals surface area contributed by atoms with Crippen molar-refractivity contribution < 1.29 is 4.74 Å². The van der Waals surface area contributed by atoms with E-state index in [0.29, 0.717) is 6.04 Å². The summed E-state index contributed by atoms with van der Waals surface area (Å²) in [5.41, 5.74) is 10.2. The Morgan fingerprint density at radius 1 is 1.26 bits per heavy atom. The number of hydrogen-bond acceptors (Lipinski definition) is 3. The van der Waals surface area contributed by atoms with Crippen molar-refractivity contribution in [2.75, 3.05) is 26.8 Å². The predicted molar refractivity (Wildman–Crippen MR) is 79.3 cm³/mol. The minimum absolute atomic E-state index is 0.0899. The third-order valence-corrected chi connectivity index (χ3v) is 4.26. The van der Waals surface area contributed by atoms with Crippen LogP contribution in [-0.4, -0.2) is 37.7 Å². The molecule has 0 bridgehead atoms. The molecule has 3 nitrogen and oxygen atoms in total. The van der Waals surface area contributed by atoms with Crippen LogP contribution in [0.4, 0.5) is 0 Å². The van der Waals surface area contributed by atoms with Gasteiger partial charge in [-0.2, -0.15) is 0 Å². The van der Waals surface area contributed by atoms with E-state index in [1.165, 1.54) is 16.7 Å². The molecule has 0 radical (unpaired) electrons. The van der Waals surface area contributed by atoms with Crippen molar-refractivity contribution in [2.45, 2.75) is 38.8 Å². The van der Waals surface area contributed by atoms with E-state index in [9.17, 15) is 0 Å². The van der Waals surface area contributed by atoms with Gasteiger partial charge in [-0.1, -0.05) is 18.2 Å². The first kappa shape index (κ1) is 14.5. The first-order valence-electron chi connectivity index (χ1n) is 7.18. The maximum absolute atomic E-state index is 6.35. The summed E-state index contributed by atoms with van der Waals surface area (Å²) in [7, 11) is 2.18. The summed E-state index contributed by atoms with van der Waals surface area (Å²) < 4.78 is 5.41. The van der Waals surface area contributed by atoms with Crippen LogP contribution in [0, 0.1) is 13.8 Å². The fourth-order valence-corrected chi connectivity index (χ4v) is 2.69. The van der Waals surface area contributed by atoms with Crippen molar-refractivity contribution in [1.82, 2.24) is 4.90 Å². The number of benzene rings is 1. The third-order valence-electron chi connectivity index (χ3n) is 4.26. The standard InChI is InChI=1S/C16H26N2O/c1-12-4-5-14(10-13(12)2)16(17)11-18(3)15-6-8-19-9-7-15/h4-5,10,15-16H,6-9,11,17H2,1-3H3. The second-order valence-corrected chi connectivity index (χ2v) is 5.73. The average molecular weight is 262 g/mol. The second-order valence-electron chi connectivity index (χ2n) is 5.73. The first-order chi connectivity index (χ1) is 9.08. The molecule has 1 atom stereocenters. The molecule has 1 aromatic rings. The maximum atomic E-state index is 6.35. The summed E-state index contributed by atoms with van der Waals surface area (Å²) in [4.78, 5) is 2.39. The smallest absolute Gasteiger partial charge is 0.0480 e. The fourth-order valence-electron chi connectivity index (χ4n) is 2.69. The molecule has 1 aromatic carbocycles. The second kappa shape index (κ2) is 6.51. The van der Waals surface area contributed by atoms with Crippen LogP contribution < -0.4 is 5.73 Å². The van der Waals surface area contributed by atoms with E-state index in [1.54, 1.807) is 0 Å². The lowest BCUT2D eigenvalue weighted by atomic mass is 10.00. The van der Waals surface area contributed by atoms with E-state index in [2.05, 4.69) is 44.0 Å². The van der Waals surface area contributed by atoms with Crippen LogP contribution in [-0.2, 0) is 4.74 Å². The van der Waals surface area contributed by atoms with Crippen LogP contribution in [0.3, 0.4) is 0 Å². The summed E-state index contributed by atoms with van der Waals surface area (Å²) in [5, 5.41) is 0. The molecule has 106 valence electrons. The third kappa shape index (κ3) is 3.78. The highest BCUT2D eigenvalue weighted by atomic mass is 16.5. The van der Waals surface area contributed by atoms with Gasteiger partial charge in [0.25, 0.3) is 0 Å². The Kier molecular flexibility index (Phi) is 4.97.